The van der Waals surface area contributed by atoms with Crippen LogP contribution in [0.4, 0.5) is 0 Å². The molecule has 0 radical (unpaired) electrons. The number of hydrogen-bond acceptors (Lipinski definition) is 3. The largest absolute Gasteiger partial charge is 0.376 e. The molecule has 2 aliphatic rings. The topological polar surface area (TPSA) is 41.6 Å². The lowest BCUT2D eigenvalue weighted by molar-refractivity contribution is -0.134. The fourth-order valence-electron chi connectivity index (χ4n) is 2.89. The van der Waals surface area contributed by atoms with Crippen molar-refractivity contribution >= 4 is 5.91 Å². The first-order valence-electron chi connectivity index (χ1n) is 6.76. The molecular formula is C13H24N2O2. The zero-order chi connectivity index (χ0) is 12.3. The summed E-state index contributed by atoms with van der Waals surface area (Å²) in [5.74, 6) is 0.864. The molecule has 4 heteroatoms. The summed E-state index contributed by atoms with van der Waals surface area (Å²) in [7, 11) is 1.93. The third kappa shape index (κ3) is 3.19. The average molecular weight is 240 g/mol. The summed E-state index contributed by atoms with van der Waals surface area (Å²) in [4.78, 5) is 14.1. The number of piperidine rings is 1. The van der Waals surface area contributed by atoms with E-state index < -0.39 is 0 Å². The molecule has 98 valence electrons. The minimum atomic E-state index is 0.192. The standard InChI is InChI=1S/C13H24N2O2/c1-10-12(5-8-17-10)15(2)13(16)9-11-3-6-14-7-4-11/h10-12,14H,3-9H2,1-2H3. The molecule has 1 amide bonds. The van der Waals surface area contributed by atoms with Gasteiger partial charge in [0.2, 0.25) is 5.91 Å². The van der Waals surface area contributed by atoms with Crippen LogP contribution in [-0.4, -0.2) is 49.7 Å². The van der Waals surface area contributed by atoms with Gasteiger partial charge < -0.3 is 15.0 Å². The zero-order valence-corrected chi connectivity index (χ0v) is 10.9. The Bertz CT molecular complexity index is 264. The molecule has 1 N–H and O–H groups in total. The summed E-state index contributed by atoms with van der Waals surface area (Å²) in [6.07, 6.45) is 4.15. The van der Waals surface area contributed by atoms with Gasteiger partial charge in [0.05, 0.1) is 12.1 Å². The predicted octanol–water partition coefficient (Wildman–Crippen LogP) is 1.01. The van der Waals surface area contributed by atoms with Crippen LogP contribution in [0.25, 0.3) is 0 Å². The maximum atomic E-state index is 12.2. The fourth-order valence-corrected chi connectivity index (χ4v) is 2.89. The third-order valence-electron chi connectivity index (χ3n) is 4.15. The molecule has 2 fully saturated rings. The summed E-state index contributed by atoms with van der Waals surface area (Å²) < 4.78 is 5.52. The van der Waals surface area contributed by atoms with Crippen LogP contribution >= 0.6 is 0 Å². The Balaban J connectivity index is 1.81. The minimum Gasteiger partial charge on any atom is -0.376 e. The van der Waals surface area contributed by atoms with Crippen molar-refractivity contribution in [2.24, 2.45) is 5.92 Å². The van der Waals surface area contributed by atoms with Gasteiger partial charge >= 0.3 is 0 Å². The summed E-state index contributed by atoms with van der Waals surface area (Å²) in [6.45, 7) is 4.97. The maximum absolute atomic E-state index is 12.2. The highest BCUT2D eigenvalue weighted by Crippen LogP contribution is 2.22. The Morgan fingerprint density at radius 1 is 1.35 bits per heavy atom. The quantitative estimate of drug-likeness (QED) is 0.800. The van der Waals surface area contributed by atoms with Crippen molar-refractivity contribution < 1.29 is 9.53 Å². The van der Waals surface area contributed by atoms with Crippen molar-refractivity contribution in [3.05, 3.63) is 0 Å². The predicted molar refractivity (Wildman–Crippen MR) is 66.8 cm³/mol. The van der Waals surface area contributed by atoms with Crippen LogP contribution in [0.2, 0.25) is 0 Å². The second-order valence-corrected chi connectivity index (χ2v) is 5.33. The summed E-state index contributed by atoms with van der Waals surface area (Å²) in [5.41, 5.74) is 0. The first kappa shape index (κ1) is 12.8. The second kappa shape index (κ2) is 5.83. The molecule has 2 unspecified atom stereocenters. The van der Waals surface area contributed by atoms with E-state index in [0.717, 1.165) is 39.0 Å². The van der Waals surface area contributed by atoms with Crippen molar-refractivity contribution in [1.29, 1.82) is 0 Å². The van der Waals surface area contributed by atoms with Gasteiger partial charge in [-0.1, -0.05) is 0 Å². The van der Waals surface area contributed by atoms with Gasteiger partial charge in [-0.15, -0.1) is 0 Å². The molecule has 2 atom stereocenters. The van der Waals surface area contributed by atoms with Crippen LogP contribution in [0.5, 0.6) is 0 Å². The maximum Gasteiger partial charge on any atom is 0.222 e. The molecule has 17 heavy (non-hydrogen) atoms. The van der Waals surface area contributed by atoms with Gasteiger partial charge in [-0.3, -0.25) is 4.79 Å². The average Bonchev–Trinajstić information content (AvgIpc) is 2.76. The van der Waals surface area contributed by atoms with E-state index >= 15 is 0 Å². The van der Waals surface area contributed by atoms with Gasteiger partial charge in [0.15, 0.2) is 0 Å². The molecule has 4 nitrogen and oxygen atoms in total. The Morgan fingerprint density at radius 2 is 2.06 bits per heavy atom. The van der Waals surface area contributed by atoms with Crippen molar-refractivity contribution in [3.8, 4) is 0 Å². The molecule has 0 spiro atoms. The van der Waals surface area contributed by atoms with Gasteiger partial charge in [0.25, 0.3) is 0 Å². The van der Waals surface area contributed by atoms with E-state index in [1.165, 1.54) is 0 Å². The smallest absolute Gasteiger partial charge is 0.222 e. The van der Waals surface area contributed by atoms with E-state index in [4.69, 9.17) is 4.74 Å². The molecule has 0 aliphatic carbocycles. The summed E-state index contributed by atoms with van der Waals surface area (Å²) in [5, 5.41) is 3.33. The van der Waals surface area contributed by atoms with Crippen molar-refractivity contribution in [2.45, 2.75) is 44.8 Å². The molecule has 2 heterocycles. The zero-order valence-electron chi connectivity index (χ0n) is 10.9. The molecule has 0 saturated carbocycles. The Hall–Kier alpha value is -0.610. The molecule has 0 aromatic carbocycles. The van der Waals surface area contributed by atoms with E-state index in [2.05, 4.69) is 12.2 Å². The minimum absolute atomic E-state index is 0.192. The normalized spacial score (nSPS) is 30.5. The number of amides is 1. The molecular weight excluding hydrogens is 216 g/mol. The Labute approximate surface area is 104 Å². The Kier molecular flexibility index (Phi) is 4.40. The molecule has 2 rings (SSSR count). The van der Waals surface area contributed by atoms with Crippen LogP contribution in [0, 0.1) is 5.92 Å². The van der Waals surface area contributed by atoms with E-state index in [-0.39, 0.29) is 12.1 Å². The first-order chi connectivity index (χ1) is 8.18. The van der Waals surface area contributed by atoms with Crippen LogP contribution in [0.1, 0.15) is 32.6 Å². The Morgan fingerprint density at radius 3 is 2.65 bits per heavy atom. The van der Waals surface area contributed by atoms with Crippen molar-refractivity contribution in [1.82, 2.24) is 10.2 Å². The van der Waals surface area contributed by atoms with E-state index in [9.17, 15) is 4.79 Å². The molecule has 2 saturated heterocycles. The fraction of sp³-hybridized carbons (Fsp3) is 0.923. The van der Waals surface area contributed by atoms with Crippen molar-refractivity contribution in [3.63, 3.8) is 0 Å². The van der Waals surface area contributed by atoms with Gasteiger partial charge in [-0.05, 0) is 45.2 Å². The molecule has 2 aliphatic heterocycles. The number of likely N-dealkylation sites (N-methyl/N-ethyl adjacent to an activating group) is 1. The SMILES string of the molecule is CC1OCCC1N(C)C(=O)CC1CCNCC1. The van der Waals surface area contributed by atoms with Crippen LogP contribution in [0.3, 0.4) is 0 Å². The second-order valence-electron chi connectivity index (χ2n) is 5.33. The van der Waals surface area contributed by atoms with Gasteiger partial charge in [-0.2, -0.15) is 0 Å². The number of hydrogen-bond donors (Lipinski definition) is 1. The molecule has 0 aromatic heterocycles. The number of rotatable bonds is 3. The lowest BCUT2D eigenvalue weighted by Crippen LogP contribution is -2.42. The third-order valence-corrected chi connectivity index (χ3v) is 4.15. The van der Waals surface area contributed by atoms with E-state index in [1.807, 2.05) is 11.9 Å². The van der Waals surface area contributed by atoms with Crippen LogP contribution in [0.15, 0.2) is 0 Å². The highest BCUT2D eigenvalue weighted by molar-refractivity contribution is 5.76. The number of ether oxygens (including phenoxy) is 1. The van der Waals surface area contributed by atoms with Gasteiger partial charge in [-0.25, -0.2) is 0 Å². The lowest BCUT2D eigenvalue weighted by atomic mass is 9.93. The highest BCUT2D eigenvalue weighted by Gasteiger charge is 2.31. The van der Waals surface area contributed by atoms with E-state index in [0.29, 0.717) is 18.2 Å². The lowest BCUT2D eigenvalue weighted by Gasteiger charge is -2.29. The van der Waals surface area contributed by atoms with Gasteiger partial charge in [0.1, 0.15) is 0 Å². The first-order valence-corrected chi connectivity index (χ1v) is 6.76. The number of carbonyl (C=O) groups is 1. The molecule has 0 bridgehead atoms. The number of carbonyl (C=O) groups excluding carboxylic acids is 1. The van der Waals surface area contributed by atoms with Crippen LogP contribution < -0.4 is 5.32 Å². The van der Waals surface area contributed by atoms with Crippen molar-refractivity contribution in [2.75, 3.05) is 26.7 Å². The van der Waals surface area contributed by atoms with Crippen LogP contribution in [-0.2, 0) is 9.53 Å². The highest BCUT2D eigenvalue weighted by atomic mass is 16.5. The number of nitrogens with one attached hydrogen (secondary N) is 1. The van der Waals surface area contributed by atoms with E-state index in [1.54, 1.807) is 0 Å². The van der Waals surface area contributed by atoms with Gasteiger partial charge in [0, 0.05) is 20.1 Å². The summed E-state index contributed by atoms with van der Waals surface area (Å²) >= 11 is 0. The summed E-state index contributed by atoms with van der Waals surface area (Å²) in [6, 6.07) is 0.282. The monoisotopic (exact) mass is 240 g/mol. The molecule has 0 aromatic rings. The number of nitrogens with zero attached hydrogens (tertiary/aromatic N) is 1.